The number of hydrogen-bond donors (Lipinski definition) is 8. The average molecular weight is 559 g/mol. The number of carbonyl (C=O) groups is 5. The van der Waals surface area contributed by atoms with Crippen LogP contribution in [-0.2, 0) is 36.8 Å². The number of unbranched alkanes of at least 4 members (excludes halogenated alkanes) is 1. The zero-order valence-corrected chi connectivity index (χ0v) is 22.2. The first kappa shape index (κ1) is 31.9. The fraction of sp³-hybridized carbons (Fsp3) is 0.462. The molecule has 0 aliphatic heterocycles. The first-order valence-electron chi connectivity index (χ1n) is 13.0. The van der Waals surface area contributed by atoms with Gasteiger partial charge in [-0.2, -0.15) is 0 Å². The van der Waals surface area contributed by atoms with Crippen molar-refractivity contribution in [2.75, 3.05) is 6.54 Å². The molecular weight excluding hydrogens is 520 g/mol. The number of carboxylic acid groups (broad SMARTS) is 1. The molecule has 2 aromatic rings. The fourth-order valence-electron chi connectivity index (χ4n) is 3.92. The minimum Gasteiger partial charge on any atom is -0.480 e. The Morgan fingerprint density at radius 2 is 1.50 bits per heavy atom. The van der Waals surface area contributed by atoms with Gasteiger partial charge in [-0.25, -0.2) is 9.78 Å². The van der Waals surface area contributed by atoms with E-state index in [2.05, 4.69) is 25.9 Å². The van der Waals surface area contributed by atoms with Crippen molar-refractivity contribution in [2.24, 2.45) is 17.2 Å². The van der Waals surface area contributed by atoms with Crippen LogP contribution in [0, 0.1) is 0 Å². The summed E-state index contributed by atoms with van der Waals surface area (Å²) < 4.78 is 0. The minimum atomic E-state index is -1.24. The first-order chi connectivity index (χ1) is 19.1. The van der Waals surface area contributed by atoms with Gasteiger partial charge in [0.15, 0.2) is 0 Å². The van der Waals surface area contributed by atoms with Crippen LogP contribution in [-0.4, -0.2) is 75.4 Å². The number of benzene rings is 1. The number of hydrogen-bond acceptors (Lipinski definition) is 8. The lowest BCUT2D eigenvalue weighted by Gasteiger charge is -2.25. The summed E-state index contributed by atoms with van der Waals surface area (Å²) in [6.07, 6.45) is 3.97. The normalized spacial score (nSPS) is 13.8. The Bertz CT molecular complexity index is 1110. The van der Waals surface area contributed by atoms with Crippen LogP contribution in [0.5, 0.6) is 0 Å². The standard InChI is InChI=1S/C26H38N8O6/c27-11-5-4-8-19(24(37)34-21(26(39)40)12-16-6-2-1-3-7-16)33-25(38)20(9-10-22(29)35)32-23(36)18(28)13-17-14-30-15-31-17/h1-3,6-7,14-15,18-21H,4-5,8-13,27-28H2,(H2,29,35)(H,30,31)(H,32,36)(H,33,38)(H,34,37)(H,39,40). The summed E-state index contributed by atoms with van der Waals surface area (Å²) in [6.45, 7) is 0.361. The molecule has 0 aliphatic carbocycles. The summed E-state index contributed by atoms with van der Waals surface area (Å²) >= 11 is 0. The highest BCUT2D eigenvalue weighted by Crippen LogP contribution is 2.08. The Morgan fingerprint density at radius 3 is 2.08 bits per heavy atom. The number of aromatic amines is 1. The highest BCUT2D eigenvalue weighted by atomic mass is 16.4. The molecule has 0 aliphatic rings. The average Bonchev–Trinajstić information content (AvgIpc) is 3.43. The van der Waals surface area contributed by atoms with E-state index >= 15 is 0 Å². The molecule has 11 N–H and O–H groups in total. The van der Waals surface area contributed by atoms with Crippen LogP contribution in [0.1, 0.15) is 43.4 Å². The van der Waals surface area contributed by atoms with Gasteiger partial charge in [-0.05, 0) is 37.8 Å². The highest BCUT2D eigenvalue weighted by molar-refractivity contribution is 5.94. The van der Waals surface area contributed by atoms with Gasteiger partial charge in [0.1, 0.15) is 18.1 Å². The molecule has 1 aromatic carbocycles. The van der Waals surface area contributed by atoms with Crippen molar-refractivity contribution < 1.29 is 29.1 Å². The lowest BCUT2D eigenvalue weighted by Crippen LogP contribution is -2.57. The molecule has 0 saturated carbocycles. The Balaban J connectivity index is 2.14. The number of aromatic nitrogens is 2. The number of nitrogens with two attached hydrogens (primary N) is 3. The van der Waals surface area contributed by atoms with Gasteiger partial charge >= 0.3 is 5.97 Å². The molecule has 0 spiro atoms. The van der Waals surface area contributed by atoms with E-state index in [1.807, 2.05) is 0 Å². The molecule has 40 heavy (non-hydrogen) atoms. The number of primary amides is 1. The number of aliphatic carboxylic acids is 1. The second kappa shape index (κ2) is 16.6. The first-order valence-corrected chi connectivity index (χ1v) is 13.0. The summed E-state index contributed by atoms with van der Waals surface area (Å²) in [6, 6.07) is 4.17. The number of carbonyl (C=O) groups excluding carboxylic acids is 4. The van der Waals surface area contributed by atoms with Crippen LogP contribution >= 0.6 is 0 Å². The third-order valence-electron chi connectivity index (χ3n) is 6.12. The number of H-pyrrole nitrogens is 1. The minimum absolute atomic E-state index is 0.0386. The van der Waals surface area contributed by atoms with Crippen LogP contribution < -0.4 is 33.2 Å². The summed E-state index contributed by atoms with van der Waals surface area (Å²) in [7, 11) is 0. The van der Waals surface area contributed by atoms with Gasteiger partial charge in [0, 0.05) is 31.2 Å². The lowest BCUT2D eigenvalue weighted by atomic mass is 10.0. The van der Waals surface area contributed by atoms with Gasteiger partial charge in [-0.15, -0.1) is 0 Å². The third kappa shape index (κ3) is 11.2. The molecule has 218 valence electrons. The molecule has 14 heteroatoms. The molecule has 4 amide bonds. The van der Waals surface area contributed by atoms with E-state index in [1.54, 1.807) is 30.3 Å². The predicted molar refractivity (Wildman–Crippen MR) is 145 cm³/mol. The second-order valence-corrected chi connectivity index (χ2v) is 9.39. The molecule has 0 fully saturated rings. The van der Waals surface area contributed by atoms with E-state index in [1.165, 1.54) is 12.5 Å². The molecule has 0 radical (unpaired) electrons. The maximum atomic E-state index is 13.2. The van der Waals surface area contributed by atoms with E-state index < -0.39 is 53.8 Å². The SMILES string of the molecule is NCCCCC(NC(=O)C(CCC(N)=O)NC(=O)C(N)Cc1cnc[nH]1)C(=O)NC(Cc1ccccc1)C(=O)O. The van der Waals surface area contributed by atoms with Crippen LogP contribution in [0.4, 0.5) is 0 Å². The van der Waals surface area contributed by atoms with Gasteiger partial charge in [-0.3, -0.25) is 19.2 Å². The van der Waals surface area contributed by atoms with Gasteiger partial charge in [-0.1, -0.05) is 30.3 Å². The quantitative estimate of drug-likeness (QED) is 0.0985. The van der Waals surface area contributed by atoms with Crippen molar-refractivity contribution in [1.82, 2.24) is 25.9 Å². The van der Waals surface area contributed by atoms with Crippen LogP contribution in [0.2, 0.25) is 0 Å². The Morgan fingerprint density at radius 1 is 0.875 bits per heavy atom. The van der Waals surface area contributed by atoms with Crippen LogP contribution in [0.25, 0.3) is 0 Å². The number of imidazole rings is 1. The summed E-state index contributed by atoms with van der Waals surface area (Å²) in [5, 5.41) is 17.3. The van der Waals surface area contributed by atoms with Gasteiger partial charge in [0.2, 0.25) is 23.6 Å². The van der Waals surface area contributed by atoms with Crippen molar-refractivity contribution in [3.05, 3.63) is 54.1 Å². The van der Waals surface area contributed by atoms with Crippen molar-refractivity contribution >= 4 is 29.6 Å². The molecule has 1 heterocycles. The maximum absolute atomic E-state index is 13.2. The van der Waals surface area contributed by atoms with E-state index in [9.17, 15) is 29.1 Å². The molecule has 4 atom stereocenters. The molecule has 0 saturated heterocycles. The lowest BCUT2D eigenvalue weighted by molar-refractivity contribution is -0.142. The summed E-state index contributed by atoms with van der Waals surface area (Å²) in [5.41, 5.74) is 18.1. The number of nitrogens with one attached hydrogen (secondary N) is 4. The largest absolute Gasteiger partial charge is 0.480 e. The summed E-state index contributed by atoms with van der Waals surface area (Å²) in [4.78, 5) is 69.1. The van der Waals surface area contributed by atoms with E-state index in [0.29, 0.717) is 30.6 Å². The molecule has 1 aromatic heterocycles. The zero-order valence-electron chi connectivity index (χ0n) is 22.2. The van der Waals surface area contributed by atoms with E-state index in [-0.39, 0.29) is 32.1 Å². The third-order valence-corrected chi connectivity index (χ3v) is 6.12. The van der Waals surface area contributed by atoms with Crippen molar-refractivity contribution in [1.29, 1.82) is 0 Å². The van der Waals surface area contributed by atoms with Crippen molar-refractivity contribution in [3.8, 4) is 0 Å². The number of rotatable bonds is 18. The van der Waals surface area contributed by atoms with E-state index in [4.69, 9.17) is 17.2 Å². The van der Waals surface area contributed by atoms with Gasteiger partial charge < -0.3 is 43.2 Å². The highest BCUT2D eigenvalue weighted by Gasteiger charge is 2.30. The van der Waals surface area contributed by atoms with E-state index in [0.717, 1.165) is 0 Å². The number of carboxylic acids is 1. The van der Waals surface area contributed by atoms with Gasteiger partial charge in [0.05, 0.1) is 12.4 Å². The predicted octanol–water partition coefficient (Wildman–Crippen LogP) is -1.54. The van der Waals surface area contributed by atoms with Gasteiger partial charge in [0.25, 0.3) is 0 Å². The van der Waals surface area contributed by atoms with Crippen molar-refractivity contribution in [2.45, 2.75) is 69.1 Å². The van der Waals surface area contributed by atoms with Crippen LogP contribution in [0.3, 0.4) is 0 Å². The molecule has 2 rings (SSSR count). The Kier molecular flexibility index (Phi) is 13.3. The molecule has 14 nitrogen and oxygen atoms in total. The van der Waals surface area contributed by atoms with Crippen molar-refractivity contribution in [3.63, 3.8) is 0 Å². The smallest absolute Gasteiger partial charge is 0.326 e. The number of nitrogens with zero attached hydrogens (tertiary/aromatic N) is 1. The molecule has 0 bridgehead atoms. The second-order valence-electron chi connectivity index (χ2n) is 9.39. The Labute approximate surface area is 231 Å². The number of amides is 4. The molecular formula is C26H38N8O6. The fourth-order valence-corrected chi connectivity index (χ4v) is 3.92. The zero-order chi connectivity index (χ0) is 29.5. The topological polar surface area (TPSA) is 248 Å². The molecule has 4 unspecified atom stereocenters. The summed E-state index contributed by atoms with van der Waals surface area (Å²) in [5.74, 6) is -4.02. The maximum Gasteiger partial charge on any atom is 0.326 e. The van der Waals surface area contributed by atoms with Crippen LogP contribution in [0.15, 0.2) is 42.9 Å². The monoisotopic (exact) mass is 558 g/mol. The Hall–Kier alpha value is -4.30.